The molecule has 3 aliphatic heterocycles. The van der Waals surface area contributed by atoms with Gasteiger partial charge in [-0.15, -0.1) is 0 Å². The second-order valence-corrected chi connectivity index (χ2v) is 22.8. The molecule has 76 heavy (non-hydrogen) atoms. The lowest BCUT2D eigenvalue weighted by atomic mass is 9.44. The highest BCUT2D eigenvalue weighted by atomic mass is 16.8. The summed E-state index contributed by atoms with van der Waals surface area (Å²) in [6, 6.07) is 0. The van der Waals surface area contributed by atoms with Crippen LogP contribution in [0.4, 0.5) is 0 Å². The van der Waals surface area contributed by atoms with E-state index in [4.69, 9.17) is 61.6 Å². The Morgan fingerprint density at radius 3 is 1.59 bits per heavy atom. The molecular weight excluding hydrogens is 997 g/mol. The van der Waals surface area contributed by atoms with Crippen LogP contribution in [0.2, 0.25) is 0 Å². The normalized spacial score (nSPS) is 38.8. The van der Waals surface area contributed by atoms with Crippen molar-refractivity contribution >= 4 is 47.8 Å². The minimum absolute atomic E-state index is 0.00692. The van der Waals surface area contributed by atoms with Crippen LogP contribution in [0.3, 0.4) is 0 Å². The number of ether oxygens (including phenoxy) is 13. The number of hydrogen-bond acceptors (Lipinski definition) is 21. The average Bonchev–Trinajstić information content (AvgIpc) is 3.85. The molecule has 0 aromatic heterocycles. The quantitative estimate of drug-likeness (QED) is 0.0877. The molecule has 0 radical (unpaired) electrons. The van der Waals surface area contributed by atoms with Gasteiger partial charge in [-0.3, -0.25) is 38.4 Å². The molecule has 21 heteroatoms. The zero-order valence-electron chi connectivity index (χ0n) is 46.2. The molecule has 0 unspecified atom stereocenters. The van der Waals surface area contributed by atoms with E-state index in [0.29, 0.717) is 43.1 Å². The maximum atomic E-state index is 13.1. The van der Waals surface area contributed by atoms with E-state index in [0.717, 1.165) is 98.7 Å². The van der Waals surface area contributed by atoms with Crippen LogP contribution in [0.15, 0.2) is 11.3 Å². The second-order valence-electron chi connectivity index (χ2n) is 22.8. The molecule has 426 valence electrons. The van der Waals surface area contributed by atoms with E-state index in [2.05, 4.69) is 27.7 Å². The van der Waals surface area contributed by atoms with Crippen LogP contribution >= 0.6 is 0 Å². The Bertz CT molecular complexity index is 2210. The molecular formula is C55H80O21. The van der Waals surface area contributed by atoms with Crippen molar-refractivity contribution in [2.24, 2.45) is 46.3 Å². The van der Waals surface area contributed by atoms with Gasteiger partial charge in [0.1, 0.15) is 31.5 Å². The summed E-state index contributed by atoms with van der Waals surface area (Å²) in [5.74, 6) is -2.42. The van der Waals surface area contributed by atoms with Crippen LogP contribution in [-0.4, -0.2) is 141 Å². The first kappa shape index (κ1) is 58.8. The molecule has 0 bridgehead atoms. The van der Waals surface area contributed by atoms with Gasteiger partial charge in [0.25, 0.3) is 0 Å². The summed E-state index contributed by atoms with van der Waals surface area (Å²) in [7, 11) is 0. The van der Waals surface area contributed by atoms with Gasteiger partial charge >= 0.3 is 47.8 Å². The molecule has 0 N–H and O–H groups in total. The van der Waals surface area contributed by atoms with Crippen LogP contribution in [0.5, 0.6) is 0 Å². The molecule has 21 nitrogen and oxygen atoms in total. The van der Waals surface area contributed by atoms with Crippen molar-refractivity contribution in [1.82, 2.24) is 0 Å². The summed E-state index contributed by atoms with van der Waals surface area (Å²) in [6.07, 6.45) is -6.60. The third-order valence-electron chi connectivity index (χ3n) is 17.5. The molecule has 0 aromatic carbocycles. The minimum Gasteiger partial charge on any atom is -0.494 e. The van der Waals surface area contributed by atoms with Gasteiger partial charge in [0.2, 0.25) is 0 Å². The predicted molar refractivity (Wildman–Crippen MR) is 261 cm³/mol. The van der Waals surface area contributed by atoms with E-state index >= 15 is 0 Å². The van der Waals surface area contributed by atoms with Crippen molar-refractivity contribution in [3.05, 3.63) is 11.3 Å². The number of rotatable bonds is 18. The molecule has 2 saturated heterocycles. The van der Waals surface area contributed by atoms with Crippen molar-refractivity contribution in [3.63, 3.8) is 0 Å². The van der Waals surface area contributed by atoms with Gasteiger partial charge in [-0.1, -0.05) is 20.8 Å². The fraction of sp³-hybridized carbons (Fsp3) is 0.818. The summed E-state index contributed by atoms with van der Waals surface area (Å²) in [6.45, 7) is 18.0. The minimum atomic E-state index is -1.78. The highest BCUT2D eigenvalue weighted by molar-refractivity contribution is 5.69. The number of allylic oxidation sites excluding steroid dienone is 1. The Labute approximate surface area is 444 Å². The summed E-state index contributed by atoms with van der Waals surface area (Å²) in [5.41, 5.74) is 1.48. The average molecular weight is 1080 g/mol. The topological polar surface area (TPSA) is 257 Å². The van der Waals surface area contributed by atoms with E-state index in [9.17, 15) is 38.4 Å². The van der Waals surface area contributed by atoms with Crippen LogP contribution in [0.1, 0.15) is 147 Å². The van der Waals surface area contributed by atoms with Crippen LogP contribution in [0, 0.1) is 46.3 Å². The Morgan fingerprint density at radius 2 is 1.05 bits per heavy atom. The molecule has 7 rings (SSSR count). The van der Waals surface area contributed by atoms with Crippen LogP contribution in [0.25, 0.3) is 0 Å². The molecule has 6 fully saturated rings. The molecule has 0 aromatic rings. The smallest absolute Gasteiger partial charge is 0.303 e. The summed E-state index contributed by atoms with van der Waals surface area (Å²) in [4.78, 5) is 99.7. The zero-order chi connectivity index (χ0) is 55.6. The zero-order valence-corrected chi connectivity index (χ0v) is 46.2. The van der Waals surface area contributed by atoms with Gasteiger partial charge in [-0.2, -0.15) is 0 Å². The first-order valence-electron chi connectivity index (χ1n) is 27.0. The lowest BCUT2D eigenvalue weighted by molar-refractivity contribution is -0.374. The molecule has 4 saturated carbocycles. The lowest BCUT2D eigenvalue weighted by Gasteiger charge is -2.61. The number of hydrogen-bond donors (Lipinski definition) is 0. The molecule has 3 heterocycles. The number of carbonyl (C=O) groups excluding carboxylic acids is 8. The molecule has 0 amide bonds. The Balaban J connectivity index is 1.15. The van der Waals surface area contributed by atoms with Gasteiger partial charge < -0.3 is 61.6 Å². The van der Waals surface area contributed by atoms with Crippen molar-refractivity contribution in [1.29, 1.82) is 0 Å². The van der Waals surface area contributed by atoms with Crippen molar-refractivity contribution in [3.8, 4) is 0 Å². The molecule has 20 atom stereocenters. The van der Waals surface area contributed by atoms with Crippen molar-refractivity contribution in [2.45, 2.75) is 221 Å². The fourth-order valence-corrected chi connectivity index (χ4v) is 14.4. The highest BCUT2D eigenvalue weighted by Crippen LogP contribution is 2.70. The maximum Gasteiger partial charge on any atom is 0.303 e. The van der Waals surface area contributed by atoms with Gasteiger partial charge in [-0.05, 0) is 111 Å². The van der Waals surface area contributed by atoms with Crippen molar-refractivity contribution < 1.29 is 99.9 Å². The van der Waals surface area contributed by atoms with Crippen LogP contribution in [-0.2, 0) is 99.9 Å². The third kappa shape index (κ3) is 13.2. The Kier molecular flexibility index (Phi) is 18.9. The van der Waals surface area contributed by atoms with E-state index in [1.165, 1.54) is 19.4 Å². The van der Waals surface area contributed by atoms with Gasteiger partial charge in [-0.25, -0.2) is 0 Å². The maximum absolute atomic E-state index is 13.1. The Morgan fingerprint density at radius 1 is 0.553 bits per heavy atom. The lowest BCUT2D eigenvalue weighted by Crippen LogP contribution is -2.67. The van der Waals surface area contributed by atoms with E-state index < -0.39 is 123 Å². The third-order valence-corrected chi connectivity index (χ3v) is 17.5. The van der Waals surface area contributed by atoms with E-state index in [-0.39, 0.29) is 34.7 Å². The monoisotopic (exact) mass is 1080 g/mol. The highest BCUT2D eigenvalue weighted by Gasteiger charge is 2.65. The van der Waals surface area contributed by atoms with Crippen LogP contribution < -0.4 is 0 Å². The summed E-state index contributed by atoms with van der Waals surface area (Å²) >= 11 is 0. The van der Waals surface area contributed by atoms with E-state index in [1.807, 2.05) is 0 Å². The number of carbonyl (C=O) groups is 8. The summed E-state index contributed by atoms with van der Waals surface area (Å²) in [5, 5.41) is 0. The van der Waals surface area contributed by atoms with Gasteiger partial charge in [0.15, 0.2) is 49.2 Å². The second kappa shape index (κ2) is 24.4. The standard InChI is InChI=1S/C55H80O21/c1-26(23-64-28(3)56)13-16-41-27(2)45-42(73-41)22-40-38-15-14-36-21-37(17-19-54(36,11)39(38)18-20-55(40,45)12)72-52-51(49(70-34(9)62)47(68-32(7)60)43(74-52)24-65-29(4)57)76-53-50(71-35(10)63)48(69-33(8)61)46(67-31(6)59)44(75-53)25-66-30(5)58/h26,36-40,42-53H,13-25H2,1-12H3/t26-,36+,37-,38+,39-,40-,42-,43+,44+,45-,46+,47-,48-,49-,50+,51+,52+,53-,54-,55-/m0/s1. The first-order valence-corrected chi connectivity index (χ1v) is 27.0. The largest absolute Gasteiger partial charge is 0.494 e. The first-order chi connectivity index (χ1) is 35.8. The number of fused-ring (bicyclic) bond motifs is 7. The van der Waals surface area contributed by atoms with Gasteiger partial charge in [0.05, 0.1) is 18.5 Å². The fourth-order valence-electron chi connectivity index (χ4n) is 14.4. The van der Waals surface area contributed by atoms with E-state index in [1.54, 1.807) is 0 Å². The molecule has 4 aliphatic carbocycles. The van der Waals surface area contributed by atoms with Gasteiger partial charge in [0, 0.05) is 67.7 Å². The Hall–Kier alpha value is -4.86. The summed E-state index contributed by atoms with van der Waals surface area (Å²) < 4.78 is 78.0. The number of esters is 8. The predicted octanol–water partition coefficient (Wildman–Crippen LogP) is 5.91. The molecule has 0 spiro atoms. The molecule has 7 aliphatic rings. The SMILES string of the molecule is CC(=O)OC[C@@H](C)CCC1=C(C)[C@H]2[C@H](C[C@H]3[C@@H]4CC[C@@H]5C[C@@H](O[C@@H]6O[C@H](COC(C)=O)[C@H](OC(C)=O)[C@H](OC(C)=O)[C@H]6O[C@@H]6O[C@H](COC(C)=O)[C@@H](OC(C)=O)[C@H](OC(C)=O)[C@H]6OC(C)=O)CC[C@]5(C)[C@H]4CC[C@@]32C)O1. The van der Waals surface area contributed by atoms with Crippen molar-refractivity contribution in [2.75, 3.05) is 19.8 Å².